The van der Waals surface area contributed by atoms with E-state index in [4.69, 9.17) is 0 Å². The molecule has 0 spiro atoms. The lowest BCUT2D eigenvalue weighted by molar-refractivity contribution is 0.300. The molecule has 3 rings (SSSR count). The van der Waals surface area contributed by atoms with Crippen LogP contribution in [0.15, 0.2) is 36.5 Å². The van der Waals surface area contributed by atoms with Crippen molar-refractivity contribution in [3.05, 3.63) is 42.1 Å². The lowest BCUT2D eigenvalue weighted by Gasteiger charge is -2.18. The Hall–Kier alpha value is -1.46. The zero-order chi connectivity index (χ0) is 15.6. The van der Waals surface area contributed by atoms with Crippen LogP contribution >= 0.6 is 0 Å². The van der Waals surface area contributed by atoms with Crippen LogP contribution in [0.4, 0.5) is 0 Å². The molecule has 1 fully saturated rings. The summed E-state index contributed by atoms with van der Waals surface area (Å²) >= 11 is 0. The van der Waals surface area contributed by atoms with E-state index in [2.05, 4.69) is 41.2 Å². The quantitative estimate of drug-likeness (QED) is 0.850. The summed E-state index contributed by atoms with van der Waals surface area (Å²) in [5, 5.41) is 1.16. The minimum Gasteiger partial charge on any atom is -0.302 e. The van der Waals surface area contributed by atoms with E-state index in [1.165, 1.54) is 5.56 Å². The second kappa shape index (κ2) is 6.34. The summed E-state index contributed by atoms with van der Waals surface area (Å²) in [6.45, 7) is 1.82. The Morgan fingerprint density at radius 2 is 2.18 bits per heavy atom. The van der Waals surface area contributed by atoms with E-state index in [9.17, 15) is 8.42 Å². The van der Waals surface area contributed by atoms with Gasteiger partial charge in [-0.25, -0.2) is 8.42 Å². The van der Waals surface area contributed by atoms with E-state index in [1.807, 2.05) is 12.3 Å². The summed E-state index contributed by atoms with van der Waals surface area (Å²) in [7, 11) is -0.658. The van der Waals surface area contributed by atoms with Crippen LogP contribution in [0.2, 0.25) is 0 Å². The Labute approximate surface area is 132 Å². The largest absolute Gasteiger partial charge is 0.302 e. The minimum absolute atomic E-state index is 0.341. The Balaban J connectivity index is 1.55. The monoisotopic (exact) mass is 318 g/mol. The zero-order valence-electron chi connectivity index (χ0n) is 12.9. The van der Waals surface area contributed by atoms with Gasteiger partial charge in [-0.1, -0.05) is 12.1 Å². The number of rotatable bonds is 5. The number of sulfone groups is 1. The van der Waals surface area contributed by atoms with Crippen molar-refractivity contribution in [1.29, 1.82) is 0 Å². The third kappa shape index (κ3) is 3.84. The Morgan fingerprint density at radius 3 is 2.95 bits per heavy atom. The Morgan fingerprint density at radius 1 is 1.32 bits per heavy atom. The predicted molar refractivity (Wildman–Crippen MR) is 89.5 cm³/mol. The van der Waals surface area contributed by atoms with Gasteiger partial charge in [0, 0.05) is 18.1 Å². The first-order valence-corrected chi connectivity index (χ1v) is 9.57. The second-order valence-corrected chi connectivity index (χ2v) is 8.55. The molecule has 4 nitrogen and oxygen atoms in total. The van der Waals surface area contributed by atoms with Gasteiger partial charge >= 0.3 is 0 Å². The topological polar surface area (TPSA) is 50.3 Å². The standard InChI is InChI=1S/C17H22N2O2S/c1-19(9-6-14-7-10-22(20,21)13-14)12-15-4-5-17-16(11-15)3-2-8-18-17/h2-5,8,11,14H,6-7,9-10,12-13H2,1H3. The summed E-state index contributed by atoms with van der Waals surface area (Å²) < 4.78 is 23.0. The van der Waals surface area contributed by atoms with Crippen LogP contribution in [0.25, 0.3) is 10.9 Å². The normalized spacial score (nSPS) is 20.7. The first-order valence-electron chi connectivity index (χ1n) is 7.74. The SMILES string of the molecule is CN(CCC1CCS(=O)(=O)C1)Cc1ccc2ncccc2c1. The molecule has 1 unspecified atom stereocenters. The van der Waals surface area contributed by atoms with E-state index in [1.54, 1.807) is 0 Å². The van der Waals surface area contributed by atoms with Crippen molar-refractivity contribution in [2.45, 2.75) is 19.4 Å². The van der Waals surface area contributed by atoms with E-state index < -0.39 is 9.84 Å². The Bertz CT molecular complexity index is 758. The molecule has 1 saturated heterocycles. The molecule has 2 aromatic rings. The van der Waals surface area contributed by atoms with Crippen molar-refractivity contribution in [1.82, 2.24) is 9.88 Å². The molecule has 1 aliphatic rings. The van der Waals surface area contributed by atoms with Gasteiger partial charge in [0.15, 0.2) is 9.84 Å². The molecular weight excluding hydrogens is 296 g/mol. The summed E-state index contributed by atoms with van der Waals surface area (Å²) in [4.78, 5) is 6.60. The van der Waals surface area contributed by atoms with Gasteiger partial charge in [-0.05, 0) is 56.1 Å². The number of nitrogens with zero attached hydrogens (tertiary/aromatic N) is 2. The van der Waals surface area contributed by atoms with Crippen molar-refractivity contribution in [3.8, 4) is 0 Å². The maximum Gasteiger partial charge on any atom is 0.150 e. The summed E-state index contributed by atoms with van der Waals surface area (Å²) in [5.41, 5.74) is 2.28. The molecule has 118 valence electrons. The molecule has 0 N–H and O–H groups in total. The molecule has 0 amide bonds. The smallest absolute Gasteiger partial charge is 0.150 e. The molecule has 1 aliphatic heterocycles. The lowest BCUT2D eigenvalue weighted by atomic mass is 10.0. The van der Waals surface area contributed by atoms with Crippen LogP contribution < -0.4 is 0 Å². The van der Waals surface area contributed by atoms with Crippen molar-refractivity contribution in [3.63, 3.8) is 0 Å². The molecule has 2 heterocycles. The van der Waals surface area contributed by atoms with Crippen LogP contribution in [0, 0.1) is 5.92 Å². The molecule has 0 bridgehead atoms. The predicted octanol–water partition coefficient (Wildman–Crippen LogP) is 2.49. The highest BCUT2D eigenvalue weighted by Gasteiger charge is 2.27. The van der Waals surface area contributed by atoms with E-state index in [0.29, 0.717) is 17.4 Å². The second-order valence-electron chi connectivity index (χ2n) is 6.33. The minimum atomic E-state index is -2.75. The molecule has 5 heteroatoms. The van der Waals surface area contributed by atoms with Crippen molar-refractivity contribution < 1.29 is 8.42 Å². The highest BCUT2D eigenvalue weighted by molar-refractivity contribution is 7.91. The van der Waals surface area contributed by atoms with E-state index in [-0.39, 0.29) is 0 Å². The highest BCUT2D eigenvalue weighted by atomic mass is 32.2. The number of hydrogen-bond donors (Lipinski definition) is 0. The fraction of sp³-hybridized carbons (Fsp3) is 0.471. The van der Waals surface area contributed by atoms with Gasteiger partial charge < -0.3 is 4.90 Å². The molecule has 0 radical (unpaired) electrons. The van der Waals surface area contributed by atoms with Gasteiger partial charge in [-0.2, -0.15) is 0 Å². The maximum absolute atomic E-state index is 11.5. The first-order chi connectivity index (χ1) is 10.5. The van der Waals surface area contributed by atoms with E-state index >= 15 is 0 Å². The number of benzene rings is 1. The zero-order valence-corrected chi connectivity index (χ0v) is 13.7. The van der Waals surface area contributed by atoms with Gasteiger partial charge in [0.05, 0.1) is 17.0 Å². The van der Waals surface area contributed by atoms with Crippen LogP contribution in [0.5, 0.6) is 0 Å². The van der Waals surface area contributed by atoms with Crippen molar-refractivity contribution >= 4 is 20.7 Å². The average Bonchev–Trinajstić information content (AvgIpc) is 2.84. The van der Waals surface area contributed by atoms with Crippen LogP contribution in [-0.4, -0.2) is 43.4 Å². The summed E-state index contributed by atoms with van der Waals surface area (Å²) in [6, 6.07) is 10.4. The molecule has 0 aliphatic carbocycles. The third-order valence-electron chi connectivity index (χ3n) is 4.37. The molecule has 0 saturated carbocycles. The summed E-state index contributed by atoms with van der Waals surface area (Å²) in [5.74, 6) is 1.09. The number of hydrogen-bond acceptors (Lipinski definition) is 4. The van der Waals surface area contributed by atoms with Crippen LogP contribution in [0.1, 0.15) is 18.4 Å². The van der Waals surface area contributed by atoms with Crippen LogP contribution in [0.3, 0.4) is 0 Å². The number of fused-ring (bicyclic) bond motifs is 1. The van der Waals surface area contributed by atoms with Crippen LogP contribution in [-0.2, 0) is 16.4 Å². The van der Waals surface area contributed by atoms with Gasteiger partial charge in [0.1, 0.15) is 0 Å². The fourth-order valence-electron chi connectivity index (χ4n) is 3.12. The van der Waals surface area contributed by atoms with Gasteiger partial charge in [-0.15, -0.1) is 0 Å². The van der Waals surface area contributed by atoms with Crippen molar-refractivity contribution in [2.75, 3.05) is 25.1 Å². The van der Waals surface area contributed by atoms with Crippen molar-refractivity contribution in [2.24, 2.45) is 5.92 Å². The van der Waals surface area contributed by atoms with Gasteiger partial charge in [0.2, 0.25) is 0 Å². The lowest BCUT2D eigenvalue weighted by Crippen LogP contribution is -2.21. The maximum atomic E-state index is 11.5. The summed E-state index contributed by atoms with van der Waals surface area (Å²) in [6.07, 6.45) is 3.60. The first kappa shape index (κ1) is 15.4. The highest BCUT2D eigenvalue weighted by Crippen LogP contribution is 2.22. The number of pyridine rings is 1. The molecule has 1 aromatic heterocycles. The molecule has 22 heavy (non-hydrogen) atoms. The van der Waals surface area contributed by atoms with Gasteiger partial charge in [0.25, 0.3) is 0 Å². The molecular formula is C17H22N2O2S. The third-order valence-corrected chi connectivity index (χ3v) is 6.20. The fourth-order valence-corrected chi connectivity index (χ4v) is 5.03. The number of aromatic nitrogens is 1. The Kier molecular flexibility index (Phi) is 4.45. The molecule has 1 aromatic carbocycles. The average molecular weight is 318 g/mol. The van der Waals surface area contributed by atoms with E-state index in [0.717, 1.165) is 36.8 Å². The molecule has 1 atom stereocenters. The van der Waals surface area contributed by atoms with Gasteiger partial charge in [-0.3, -0.25) is 4.98 Å².